The van der Waals surface area contributed by atoms with Crippen molar-refractivity contribution in [3.05, 3.63) is 0 Å². The Bertz CT molecular complexity index is 182. The minimum Gasteiger partial charge on any atom is -0.392 e. The lowest BCUT2D eigenvalue weighted by atomic mass is 10.1. The number of morpholine rings is 1. The summed E-state index contributed by atoms with van der Waals surface area (Å²) in [5, 5.41) is 0. The van der Waals surface area contributed by atoms with E-state index < -0.39 is 0 Å². The first-order valence-electron chi connectivity index (χ1n) is 4.14. The number of ether oxygens (including phenoxy) is 1. The van der Waals surface area contributed by atoms with Crippen molar-refractivity contribution >= 4 is 17.2 Å². The Labute approximate surface area is 78.9 Å². The SMILES string of the molecule is CC1(C)CN(CC(N)=S)CCO1. The van der Waals surface area contributed by atoms with Gasteiger partial charge in [-0.3, -0.25) is 4.90 Å². The van der Waals surface area contributed by atoms with Gasteiger partial charge in [0.05, 0.1) is 17.2 Å². The van der Waals surface area contributed by atoms with Crippen molar-refractivity contribution in [3.8, 4) is 0 Å². The molecule has 0 spiro atoms. The predicted octanol–water partition coefficient (Wildman–Crippen LogP) is 0.383. The molecule has 1 aliphatic rings. The Morgan fingerprint density at radius 2 is 2.33 bits per heavy atom. The molecule has 0 bridgehead atoms. The molecule has 70 valence electrons. The topological polar surface area (TPSA) is 38.5 Å². The maximum absolute atomic E-state index is 5.55. The highest BCUT2D eigenvalue weighted by atomic mass is 32.1. The maximum atomic E-state index is 5.55. The van der Waals surface area contributed by atoms with Crippen LogP contribution >= 0.6 is 12.2 Å². The second-order valence-corrected chi connectivity index (χ2v) is 4.31. The molecule has 12 heavy (non-hydrogen) atoms. The summed E-state index contributed by atoms with van der Waals surface area (Å²) >= 11 is 4.85. The summed E-state index contributed by atoms with van der Waals surface area (Å²) in [6, 6.07) is 0. The zero-order chi connectivity index (χ0) is 9.19. The molecule has 0 unspecified atom stereocenters. The highest BCUT2D eigenvalue weighted by Crippen LogP contribution is 2.15. The molecule has 0 aromatic carbocycles. The van der Waals surface area contributed by atoms with Gasteiger partial charge in [0.2, 0.25) is 0 Å². The standard InChI is InChI=1S/C8H16N2OS/c1-8(2)6-10(3-4-11-8)5-7(9)12/h3-6H2,1-2H3,(H2,9,12). The van der Waals surface area contributed by atoms with Crippen molar-refractivity contribution in [1.29, 1.82) is 0 Å². The van der Waals surface area contributed by atoms with Gasteiger partial charge in [-0.25, -0.2) is 0 Å². The van der Waals surface area contributed by atoms with Crippen LogP contribution in [-0.4, -0.2) is 41.7 Å². The van der Waals surface area contributed by atoms with E-state index >= 15 is 0 Å². The molecule has 1 saturated heterocycles. The van der Waals surface area contributed by atoms with Gasteiger partial charge in [-0.15, -0.1) is 0 Å². The van der Waals surface area contributed by atoms with Crippen LogP contribution in [0.1, 0.15) is 13.8 Å². The van der Waals surface area contributed by atoms with Gasteiger partial charge >= 0.3 is 0 Å². The Balaban J connectivity index is 2.41. The Kier molecular flexibility index (Phi) is 3.04. The van der Waals surface area contributed by atoms with Crippen LogP contribution < -0.4 is 5.73 Å². The smallest absolute Gasteiger partial charge is 0.0870 e. The number of thiocarbonyl (C=S) groups is 1. The summed E-state index contributed by atoms with van der Waals surface area (Å²) in [7, 11) is 0. The van der Waals surface area contributed by atoms with Crippen LogP contribution in [0.5, 0.6) is 0 Å². The summed E-state index contributed by atoms with van der Waals surface area (Å²) in [6.07, 6.45) is 0. The summed E-state index contributed by atoms with van der Waals surface area (Å²) in [6.45, 7) is 7.49. The maximum Gasteiger partial charge on any atom is 0.0870 e. The fourth-order valence-corrected chi connectivity index (χ4v) is 1.65. The van der Waals surface area contributed by atoms with E-state index in [1.54, 1.807) is 0 Å². The molecular formula is C8H16N2OS. The van der Waals surface area contributed by atoms with E-state index in [1.165, 1.54) is 0 Å². The molecule has 0 aliphatic carbocycles. The minimum absolute atomic E-state index is 0.0525. The van der Waals surface area contributed by atoms with Crippen LogP contribution in [0.25, 0.3) is 0 Å². The summed E-state index contributed by atoms with van der Waals surface area (Å²) < 4.78 is 5.55. The monoisotopic (exact) mass is 188 g/mol. The molecule has 0 atom stereocenters. The van der Waals surface area contributed by atoms with E-state index in [2.05, 4.69) is 18.7 Å². The van der Waals surface area contributed by atoms with Gasteiger partial charge in [0.15, 0.2) is 0 Å². The minimum atomic E-state index is -0.0525. The van der Waals surface area contributed by atoms with E-state index in [0.29, 0.717) is 11.5 Å². The lowest BCUT2D eigenvalue weighted by molar-refractivity contribution is -0.0818. The van der Waals surface area contributed by atoms with Gasteiger partial charge < -0.3 is 10.5 Å². The molecule has 0 radical (unpaired) electrons. The van der Waals surface area contributed by atoms with E-state index in [0.717, 1.165) is 19.7 Å². The van der Waals surface area contributed by atoms with Crippen molar-refractivity contribution in [3.63, 3.8) is 0 Å². The normalized spacial score (nSPS) is 23.8. The molecule has 0 saturated carbocycles. The summed E-state index contributed by atoms with van der Waals surface area (Å²) in [5.74, 6) is 0. The lowest BCUT2D eigenvalue weighted by Gasteiger charge is -2.37. The van der Waals surface area contributed by atoms with Gasteiger partial charge in [0.25, 0.3) is 0 Å². The van der Waals surface area contributed by atoms with Gasteiger partial charge in [-0.1, -0.05) is 12.2 Å². The first-order valence-corrected chi connectivity index (χ1v) is 4.55. The molecule has 0 aromatic heterocycles. The van der Waals surface area contributed by atoms with Crippen molar-refractivity contribution in [2.24, 2.45) is 5.73 Å². The van der Waals surface area contributed by atoms with Crippen LogP contribution in [0.4, 0.5) is 0 Å². The molecule has 3 nitrogen and oxygen atoms in total. The third kappa shape index (κ3) is 3.05. The van der Waals surface area contributed by atoms with E-state index in [9.17, 15) is 0 Å². The fraction of sp³-hybridized carbons (Fsp3) is 0.875. The molecule has 1 heterocycles. The number of nitrogens with zero attached hydrogens (tertiary/aromatic N) is 1. The number of hydrogen-bond acceptors (Lipinski definition) is 3. The number of rotatable bonds is 2. The molecule has 1 aliphatic heterocycles. The highest BCUT2D eigenvalue weighted by molar-refractivity contribution is 7.80. The molecule has 0 aromatic rings. The zero-order valence-electron chi connectivity index (χ0n) is 7.67. The van der Waals surface area contributed by atoms with Crippen LogP contribution in [0, 0.1) is 0 Å². The third-order valence-corrected chi connectivity index (χ3v) is 2.01. The first-order chi connectivity index (χ1) is 5.49. The molecular weight excluding hydrogens is 172 g/mol. The molecule has 4 heteroatoms. The van der Waals surface area contributed by atoms with Crippen molar-refractivity contribution in [2.45, 2.75) is 19.4 Å². The van der Waals surface area contributed by atoms with Crippen molar-refractivity contribution < 1.29 is 4.74 Å². The van der Waals surface area contributed by atoms with Crippen LogP contribution in [0.15, 0.2) is 0 Å². The number of nitrogens with two attached hydrogens (primary N) is 1. The predicted molar refractivity (Wildman–Crippen MR) is 53.3 cm³/mol. The molecule has 2 N–H and O–H groups in total. The molecule has 1 fully saturated rings. The molecule has 0 amide bonds. The van der Waals surface area contributed by atoms with Crippen LogP contribution in [-0.2, 0) is 4.74 Å². The second-order valence-electron chi connectivity index (χ2n) is 3.79. The van der Waals surface area contributed by atoms with Gasteiger partial charge in [-0.05, 0) is 13.8 Å². The zero-order valence-corrected chi connectivity index (χ0v) is 8.49. The lowest BCUT2D eigenvalue weighted by Crippen LogP contribution is -2.50. The average molecular weight is 188 g/mol. The third-order valence-electron chi connectivity index (χ3n) is 1.88. The molecule has 1 rings (SSSR count). The van der Waals surface area contributed by atoms with E-state index in [1.807, 2.05) is 0 Å². The van der Waals surface area contributed by atoms with Crippen molar-refractivity contribution in [1.82, 2.24) is 4.90 Å². The quantitative estimate of drug-likeness (QED) is 0.636. The van der Waals surface area contributed by atoms with E-state index in [-0.39, 0.29) is 5.60 Å². The van der Waals surface area contributed by atoms with Crippen LogP contribution in [0.3, 0.4) is 0 Å². The Hall–Kier alpha value is -0.190. The van der Waals surface area contributed by atoms with E-state index in [4.69, 9.17) is 22.7 Å². The van der Waals surface area contributed by atoms with Crippen LogP contribution in [0.2, 0.25) is 0 Å². The second kappa shape index (κ2) is 3.68. The largest absolute Gasteiger partial charge is 0.392 e. The van der Waals surface area contributed by atoms with Gasteiger partial charge in [0, 0.05) is 19.6 Å². The van der Waals surface area contributed by atoms with Gasteiger partial charge in [-0.2, -0.15) is 0 Å². The summed E-state index contributed by atoms with van der Waals surface area (Å²) in [5.41, 5.74) is 5.41. The Morgan fingerprint density at radius 1 is 1.67 bits per heavy atom. The highest BCUT2D eigenvalue weighted by Gasteiger charge is 2.26. The fourth-order valence-electron chi connectivity index (χ4n) is 1.47. The number of hydrogen-bond donors (Lipinski definition) is 1. The van der Waals surface area contributed by atoms with Crippen molar-refractivity contribution in [2.75, 3.05) is 26.2 Å². The summed E-state index contributed by atoms with van der Waals surface area (Å²) in [4.78, 5) is 2.79. The average Bonchev–Trinajstić information content (AvgIpc) is 1.82. The van der Waals surface area contributed by atoms with Gasteiger partial charge in [0.1, 0.15) is 0 Å². The first kappa shape index (κ1) is 9.89. The Morgan fingerprint density at radius 3 is 2.83 bits per heavy atom.